The zero-order valence-corrected chi connectivity index (χ0v) is 12.6. The van der Waals surface area contributed by atoms with E-state index in [-0.39, 0.29) is 5.69 Å². The first kappa shape index (κ1) is 16.5. The molecule has 0 spiro atoms. The van der Waals surface area contributed by atoms with Gasteiger partial charge in [0.25, 0.3) is 0 Å². The zero-order valence-electron chi connectivity index (χ0n) is 12.6. The summed E-state index contributed by atoms with van der Waals surface area (Å²) in [7, 11) is 1.69. The summed E-state index contributed by atoms with van der Waals surface area (Å²) in [5.41, 5.74) is 0.0482. The van der Waals surface area contributed by atoms with Gasteiger partial charge < -0.3 is 5.32 Å². The molecule has 0 aliphatic rings. The van der Waals surface area contributed by atoms with E-state index in [0.29, 0.717) is 5.82 Å². The second kappa shape index (κ2) is 9.34. The summed E-state index contributed by atoms with van der Waals surface area (Å²) in [6, 6.07) is 0. The van der Waals surface area contributed by atoms with Gasteiger partial charge in [-0.25, -0.2) is 0 Å². The SMILES string of the molecule is CCCCCCCCCCNc1nn(C)cc1[N+](=O)[O-]. The van der Waals surface area contributed by atoms with Gasteiger partial charge in [-0.1, -0.05) is 51.9 Å². The van der Waals surface area contributed by atoms with E-state index >= 15 is 0 Å². The van der Waals surface area contributed by atoms with Crippen LogP contribution in [0.1, 0.15) is 58.3 Å². The zero-order chi connectivity index (χ0) is 14.8. The Morgan fingerprint density at radius 2 is 1.80 bits per heavy atom. The van der Waals surface area contributed by atoms with Crippen LogP contribution in [0.2, 0.25) is 0 Å². The molecule has 1 heterocycles. The molecule has 1 aromatic heterocycles. The van der Waals surface area contributed by atoms with E-state index in [1.165, 1.54) is 55.8 Å². The first-order valence-electron chi connectivity index (χ1n) is 7.57. The van der Waals surface area contributed by atoms with Crippen molar-refractivity contribution in [1.29, 1.82) is 0 Å². The molecule has 0 saturated carbocycles. The lowest BCUT2D eigenvalue weighted by Gasteiger charge is -2.03. The van der Waals surface area contributed by atoms with Crippen LogP contribution in [0, 0.1) is 10.1 Å². The molecule has 1 aromatic rings. The predicted molar refractivity (Wildman–Crippen MR) is 81.0 cm³/mol. The summed E-state index contributed by atoms with van der Waals surface area (Å²) in [5, 5.41) is 17.9. The average molecular weight is 282 g/mol. The van der Waals surface area contributed by atoms with Crippen LogP contribution in [-0.4, -0.2) is 21.2 Å². The van der Waals surface area contributed by atoms with Gasteiger partial charge in [0.2, 0.25) is 5.82 Å². The maximum atomic E-state index is 10.8. The Hall–Kier alpha value is -1.59. The minimum atomic E-state index is -0.400. The third kappa shape index (κ3) is 6.04. The number of hydrogen-bond acceptors (Lipinski definition) is 4. The molecule has 0 aliphatic carbocycles. The van der Waals surface area contributed by atoms with E-state index in [2.05, 4.69) is 17.3 Å². The van der Waals surface area contributed by atoms with Gasteiger partial charge in [-0.3, -0.25) is 14.8 Å². The van der Waals surface area contributed by atoms with Crippen LogP contribution >= 0.6 is 0 Å². The number of unbranched alkanes of at least 4 members (excludes halogenated alkanes) is 7. The summed E-state index contributed by atoms with van der Waals surface area (Å²) < 4.78 is 1.47. The summed E-state index contributed by atoms with van der Waals surface area (Å²) >= 11 is 0. The van der Waals surface area contributed by atoms with Crippen molar-refractivity contribution in [1.82, 2.24) is 9.78 Å². The predicted octanol–water partition coefficient (Wildman–Crippen LogP) is 3.88. The fraction of sp³-hybridized carbons (Fsp3) is 0.786. The van der Waals surface area contributed by atoms with E-state index in [4.69, 9.17) is 0 Å². The number of rotatable bonds is 11. The number of nitrogens with zero attached hydrogens (tertiary/aromatic N) is 3. The molecule has 1 N–H and O–H groups in total. The van der Waals surface area contributed by atoms with Crippen molar-refractivity contribution in [2.45, 2.75) is 58.3 Å². The van der Waals surface area contributed by atoms with Gasteiger partial charge in [0.05, 0.1) is 4.92 Å². The van der Waals surface area contributed by atoms with Crippen LogP contribution in [0.25, 0.3) is 0 Å². The number of aryl methyl sites for hydroxylation is 1. The molecule has 0 aromatic carbocycles. The fourth-order valence-corrected chi connectivity index (χ4v) is 2.20. The Morgan fingerprint density at radius 3 is 2.40 bits per heavy atom. The Kier molecular flexibility index (Phi) is 7.69. The molecular weight excluding hydrogens is 256 g/mol. The first-order chi connectivity index (χ1) is 9.65. The Labute approximate surface area is 120 Å². The monoisotopic (exact) mass is 282 g/mol. The van der Waals surface area contributed by atoms with E-state index in [9.17, 15) is 10.1 Å². The molecule has 114 valence electrons. The average Bonchev–Trinajstić information content (AvgIpc) is 2.78. The van der Waals surface area contributed by atoms with Gasteiger partial charge in [-0.05, 0) is 6.42 Å². The topological polar surface area (TPSA) is 73.0 Å². The minimum Gasteiger partial charge on any atom is -0.363 e. The van der Waals surface area contributed by atoms with Crippen LogP contribution < -0.4 is 5.32 Å². The lowest BCUT2D eigenvalue weighted by molar-refractivity contribution is -0.384. The largest absolute Gasteiger partial charge is 0.363 e. The van der Waals surface area contributed by atoms with Gasteiger partial charge in [0.15, 0.2) is 0 Å². The van der Waals surface area contributed by atoms with Gasteiger partial charge >= 0.3 is 5.69 Å². The Bertz CT molecular complexity index is 404. The molecule has 1 rings (SSSR count). The van der Waals surface area contributed by atoms with Crippen molar-refractivity contribution in [2.75, 3.05) is 11.9 Å². The molecule has 0 unspecified atom stereocenters. The summed E-state index contributed by atoms with van der Waals surface area (Å²) in [6.45, 7) is 2.97. The summed E-state index contributed by atoms with van der Waals surface area (Å²) in [5.74, 6) is 0.375. The maximum Gasteiger partial charge on any atom is 0.330 e. The van der Waals surface area contributed by atoms with Crippen molar-refractivity contribution in [3.8, 4) is 0 Å². The van der Waals surface area contributed by atoms with Gasteiger partial charge in [-0.2, -0.15) is 0 Å². The molecule has 0 aliphatic heterocycles. The molecule has 20 heavy (non-hydrogen) atoms. The lowest BCUT2D eigenvalue weighted by atomic mass is 10.1. The number of anilines is 1. The molecule has 0 saturated heterocycles. The second-order valence-electron chi connectivity index (χ2n) is 5.20. The van der Waals surface area contributed by atoms with Crippen LogP contribution in [-0.2, 0) is 7.05 Å². The van der Waals surface area contributed by atoms with Crippen LogP contribution in [0.3, 0.4) is 0 Å². The Morgan fingerprint density at radius 1 is 1.20 bits per heavy atom. The van der Waals surface area contributed by atoms with Crippen LogP contribution in [0.5, 0.6) is 0 Å². The van der Waals surface area contributed by atoms with Gasteiger partial charge in [0.1, 0.15) is 6.20 Å². The van der Waals surface area contributed by atoms with E-state index in [1.54, 1.807) is 7.05 Å². The molecule has 0 fully saturated rings. The van der Waals surface area contributed by atoms with Gasteiger partial charge in [0, 0.05) is 13.6 Å². The smallest absolute Gasteiger partial charge is 0.330 e. The van der Waals surface area contributed by atoms with Crippen molar-refractivity contribution < 1.29 is 4.92 Å². The van der Waals surface area contributed by atoms with E-state index < -0.39 is 4.92 Å². The number of nitro groups is 1. The van der Waals surface area contributed by atoms with Crippen molar-refractivity contribution in [2.24, 2.45) is 7.05 Å². The highest BCUT2D eigenvalue weighted by atomic mass is 16.6. The standard InChI is InChI=1S/C14H26N4O2/c1-3-4-5-6-7-8-9-10-11-15-14-13(18(19)20)12-17(2)16-14/h12H,3-11H2,1-2H3,(H,15,16). The third-order valence-corrected chi connectivity index (χ3v) is 3.33. The molecule has 6 nitrogen and oxygen atoms in total. The van der Waals surface area contributed by atoms with Crippen LogP contribution in [0.4, 0.5) is 11.5 Å². The quantitative estimate of drug-likeness (QED) is 0.380. The first-order valence-corrected chi connectivity index (χ1v) is 7.57. The minimum absolute atomic E-state index is 0.0482. The third-order valence-electron chi connectivity index (χ3n) is 3.33. The highest BCUT2D eigenvalue weighted by Gasteiger charge is 2.17. The molecular formula is C14H26N4O2. The van der Waals surface area contributed by atoms with Gasteiger partial charge in [-0.15, -0.1) is 5.10 Å². The molecule has 0 radical (unpaired) electrons. The highest BCUT2D eigenvalue weighted by molar-refractivity contribution is 5.54. The molecule has 6 heteroatoms. The summed E-state index contributed by atoms with van der Waals surface area (Å²) in [4.78, 5) is 10.4. The number of hydrogen-bond donors (Lipinski definition) is 1. The number of nitrogens with one attached hydrogen (secondary N) is 1. The Balaban J connectivity index is 2.11. The fourth-order valence-electron chi connectivity index (χ4n) is 2.20. The van der Waals surface area contributed by atoms with E-state index in [0.717, 1.165) is 13.0 Å². The maximum absolute atomic E-state index is 10.8. The van der Waals surface area contributed by atoms with Crippen LogP contribution in [0.15, 0.2) is 6.20 Å². The highest BCUT2D eigenvalue weighted by Crippen LogP contribution is 2.21. The summed E-state index contributed by atoms with van der Waals surface area (Å²) in [6.07, 6.45) is 11.5. The van der Waals surface area contributed by atoms with Crippen molar-refractivity contribution in [3.05, 3.63) is 16.3 Å². The lowest BCUT2D eigenvalue weighted by Crippen LogP contribution is -2.04. The van der Waals surface area contributed by atoms with Crippen molar-refractivity contribution >= 4 is 11.5 Å². The molecule has 0 bridgehead atoms. The number of aromatic nitrogens is 2. The van der Waals surface area contributed by atoms with Crippen molar-refractivity contribution in [3.63, 3.8) is 0 Å². The van der Waals surface area contributed by atoms with E-state index in [1.807, 2.05) is 0 Å². The molecule has 0 amide bonds. The second-order valence-corrected chi connectivity index (χ2v) is 5.20. The molecule has 0 atom stereocenters. The normalized spacial score (nSPS) is 10.7.